The number of benzene rings is 2. The molecule has 142 valence electrons. The van der Waals surface area contributed by atoms with Gasteiger partial charge in [-0.1, -0.05) is 30.3 Å². The molecule has 1 aliphatic rings. The Morgan fingerprint density at radius 1 is 0.923 bits per heavy atom. The first-order valence-electron chi connectivity index (χ1n) is 9.11. The van der Waals surface area contributed by atoms with Gasteiger partial charge in [0.1, 0.15) is 5.69 Å². The van der Waals surface area contributed by atoms with Crippen LogP contribution in [0.1, 0.15) is 29.5 Å². The highest BCUT2D eigenvalue weighted by atomic mass is 35.5. The van der Waals surface area contributed by atoms with Gasteiger partial charge < -0.3 is 30.1 Å². The fourth-order valence-corrected chi connectivity index (χ4v) is 3.26. The molecule has 26 heavy (non-hydrogen) atoms. The standard InChI is InChI=1S/C21H27N3.2ClH/c1-17-14-20-21(15-18(17)2)24(16-23-20)13-7-12-22-11-6-10-19-8-4-3-5-9-19;;/h3-5,8-9,14-16,22H,6-7,10-13H2,1-2H3;2*1H. The molecule has 0 radical (unpaired) electrons. The lowest BCUT2D eigenvalue weighted by Gasteiger charge is -2.11. The van der Waals surface area contributed by atoms with Gasteiger partial charge in [0.25, 0.3) is 0 Å². The first kappa shape index (κ1) is 22.7. The van der Waals surface area contributed by atoms with Crippen LogP contribution in [0.5, 0.6) is 0 Å². The summed E-state index contributed by atoms with van der Waals surface area (Å²) < 4.78 is 0. The predicted molar refractivity (Wildman–Crippen MR) is 101 cm³/mol. The topological polar surface area (TPSA) is 33.4 Å². The number of aryl methyl sites for hydroxylation is 3. The predicted octanol–water partition coefficient (Wildman–Crippen LogP) is -3.91. The van der Waals surface area contributed by atoms with E-state index in [2.05, 4.69) is 73.0 Å². The summed E-state index contributed by atoms with van der Waals surface area (Å²) in [6, 6.07) is 15.3. The van der Waals surface area contributed by atoms with Crippen LogP contribution in [0.15, 0.2) is 47.5 Å². The first-order chi connectivity index (χ1) is 11.7. The monoisotopic (exact) mass is 393 g/mol. The molecule has 3 rings (SSSR count). The van der Waals surface area contributed by atoms with Gasteiger partial charge >= 0.3 is 0 Å². The van der Waals surface area contributed by atoms with Crippen LogP contribution < -0.4 is 35.0 Å². The van der Waals surface area contributed by atoms with E-state index in [1.165, 1.54) is 59.6 Å². The second-order valence-electron chi connectivity index (χ2n) is 6.80. The van der Waals surface area contributed by atoms with Gasteiger partial charge in [-0.2, -0.15) is 4.99 Å². The second kappa shape index (κ2) is 11.3. The minimum atomic E-state index is 0. The van der Waals surface area contributed by atoms with Crippen molar-refractivity contribution in [1.29, 1.82) is 0 Å². The van der Waals surface area contributed by atoms with E-state index in [1.54, 1.807) is 0 Å². The van der Waals surface area contributed by atoms with Gasteiger partial charge in [-0.15, -0.1) is 0 Å². The van der Waals surface area contributed by atoms with E-state index in [-0.39, 0.29) is 24.8 Å². The second-order valence-corrected chi connectivity index (χ2v) is 6.80. The van der Waals surface area contributed by atoms with E-state index in [0.717, 1.165) is 12.2 Å². The average Bonchev–Trinajstić information content (AvgIpc) is 2.97. The van der Waals surface area contributed by atoms with Crippen molar-refractivity contribution >= 4 is 17.7 Å². The summed E-state index contributed by atoms with van der Waals surface area (Å²) in [6.45, 7) is 7.90. The minimum absolute atomic E-state index is 0. The lowest BCUT2D eigenvalue weighted by Crippen LogP contribution is -3.05. The molecule has 1 atom stereocenters. The quantitative estimate of drug-likeness (QED) is 0.430. The normalized spacial score (nSPS) is 14.5. The molecular formula is C21H29Cl2N3. The average molecular weight is 394 g/mol. The number of fused-ring (bicyclic) bond motifs is 1. The highest BCUT2D eigenvalue weighted by Crippen LogP contribution is 2.27. The third-order valence-electron chi connectivity index (χ3n) is 4.89. The van der Waals surface area contributed by atoms with Crippen LogP contribution in [0.4, 0.5) is 11.4 Å². The van der Waals surface area contributed by atoms with Crippen molar-refractivity contribution in [1.82, 2.24) is 0 Å². The molecule has 0 saturated carbocycles. The zero-order chi connectivity index (χ0) is 16.8. The highest BCUT2D eigenvalue weighted by Gasteiger charge is 2.21. The van der Waals surface area contributed by atoms with E-state index < -0.39 is 0 Å². The zero-order valence-electron chi connectivity index (χ0n) is 15.6. The van der Waals surface area contributed by atoms with Crippen LogP contribution in [0.2, 0.25) is 0 Å². The van der Waals surface area contributed by atoms with Crippen molar-refractivity contribution in [2.45, 2.75) is 33.1 Å². The number of nitrogens with zero attached hydrogens (tertiary/aromatic N) is 1. The number of hydrogen-bond donors (Lipinski definition) is 2. The highest BCUT2D eigenvalue weighted by molar-refractivity contribution is 5.73. The molecule has 2 aromatic rings. The Labute approximate surface area is 169 Å². The maximum Gasteiger partial charge on any atom is 0.194 e. The van der Waals surface area contributed by atoms with Crippen LogP contribution in [0, 0.1) is 13.8 Å². The molecule has 1 aliphatic heterocycles. The van der Waals surface area contributed by atoms with E-state index in [9.17, 15) is 0 Å². The Balaban J connectivity index is 0.00000169. The summed E-state index contributed by atoms with van der Waals surface area (Å²) in [5.74, 6) is 0. The molecule has 1 heterocycles. The van der Waals surface area contributed by atoms with E-state index in [4.69, 9.17) is 0 Å². The third-order valence-corrected chi connectivity index (χ3v) is 4.89. The van der Waals surface area contributed by atoms with E-state index in [1.807, 2.05) is 0 Å². The number of halogens is 2. The zero-order valence-corrected chi connectivity index (χ0v) is 17.2. The van der Waals surface area contributed by atoms with Crippen molar-refractivity contribution in [3.05, 3.63) is 59.2 Å². The SMILES string of the molecule is Cc1cc2c(cc1C)[NH+](CCC[NH2+]CCCc1ccccc1)C=N2.[Cl-].[Cl-]. The molecule has 0 spiro atoms. The van der Waals surface area contributed by atoms with Gasteiger partial charge in [0.2, 0.25) is 0 Å². The van der Waals surface area contributed by atoms with Crippen molar-refractivity contribution in [3.63, 3.8) is 0 Å². The molecule has 0 saturated heterocycles. The maximum atomic E-state index is 4.57. The van der Waals surface area contributed by atoms with Crippen LogP contribution in [-0.4, -0.2) is 26.0 Å². The molecule has 2 aromatic carbocycles. The molecule has 3 N–H and O–H groups in total. The van der Waals surface area contributed by atoms with Crippen LogP contribution in [0.25, 0.3) is 0 Å². The van der Waals surface area contributed by atoms with Gasteiger partial charge in [-0.25, -0.2) is 0 Å². The third kappa shape index (κ3) is 6.10. The molecule has 0 aliphatic carbocycles. The Morgan fingerprint density at radius 2 is 1.62 bits per heavy atom. The Bertz CT molecular complexity index is 702. The number of nitrogens with two attached hydrogens (primary N) is 1. The van der Waals surface area contributed by atoms with Gasteiger partial charge in [0.15, 0.2) is 12.0 Å². The molecule has 3 nitrogen and oxygen atoms in total. The van der Waals surface area contributed by atoms with Gasteiger partial charge in [-0.05, 0) is 43.0 Å². The first-order valence-corrected chi connectivity index (χ1v) is 9.11. The fourth-order valence-electron chi connectivity index (χ4n) is 3.26. The number of quaternary nitrogens is 2. The summed E-state index contributed by atoms with van der Waals surface area (Å²) in [5.41, 5.74) is 6.65. The van der Waals surface area contributed by atoms with Gasteiger partial charge in [-0.3, -0.25) is 4.90 Å². The van der Waals surface area contributed by atoms with Crippen molar-refractivity contribution in [2.24, 2.45) is 4.99 Å². The molecule has 0 fully saturated rings. The lowest BCUT2D eigenvalue weighted by atomic mass is 10.1. The van der Waals surface area contributed by atoms with Crippen LogP contribution in [-0.2, 0) is 6.42 Å². The van der Waals surface area contributed by atoms with E-state index >= 15 is 0 Å². The Hall–Kier alpha value is -1.39. The van der Waals surface area contributed by atoms with E-state index in [0.29, 0.717) is 0 Å². The van der Waals surface area contributed by atoms with Gasteiger partial charge in [0, 0.05) is 18.9 Å². The fraction of sp³-hybridized carbons (Fsp3) is 0.381. The Morgan fingerprint density at radius 3 is 2.38 bits per heavy atom. The smallest absolute Gasteiger partial charge is 0.194 e. The Kier molecular flexibility index (Phi) is 9.89. The largest absolute Gasteiger partial charge is 1.00 e. The summed E-state index contributed by atoms with van der Waals surface area (Å²) in [5, 5.41) is 2.46. The number of aliphatic imine (C=N–C) groups is 1. The summed E-state index contributed by atoms with van der Waals surface area (Å²) >= 11 is 0. The molecule has 1 unspecified atom stereocenters. The minimum Gasteiger partial charge on any atom is -1.00 e. The number of nitrogens with one attached hydrogen (secondary N) is 1. The van der Waals surface area contributed by atoms with Gasteiger partial charge in [0.05, 0.1) is 19.6 Å². The van der Waals surface area contributed by atoms with Crippen molar-refractivity contribution < 1.29 is 35.0 Å². The van der Waals surface area contributed by atoms with Crippen molar-refractivity contribution in [3.8, 4) is 0 Å². The molecule has 0 amide bonds. The number of rotatable bonds is 8. The summed E-state index contributed by atoms with van der Waals surface area (Å²) in [7, 11) is 0. The summed E-state index contributed by atoms with van der Waals surface area (Å²) in [6.07, 6.45) is 5.73. The molecule has 0 bridgehead atoms. The number of hydrogen-bond acceptors (Lipinski definition) is 1. The molecule has 0 aromatic heterocycles. The maximum absolute atomic E-state index is 4.57. The lowest BCUT2D eigenvalue weighted by molar-refractivity contribution is -0.728. The van der Waals surface area contributed by atoms with Crippen LogP contribution >= 0.6 is 0 Å². The van der Waals surface area contributed by atoms with Crippen LogP contribution in [0.3, 0.4) is 0 Å². The van der Waals surface area contributed by atoms with Crippen molar-refractivity contribution in [2.75, 3.05) is 19.6 Å². The summed E-state index contributed by atoms with van der Waals surface area (Å²) in [4.78, 5) is 5.98. The molecule has 5 heteroatoms. The molecular weight excluding hydrogens is 365 g/mol.